The van der Waals surface area contributed by atoms with Crippen molar-refractivity contribution in [1.82, 2.24) is 5.32 Å². The number of amides is 1. The Balaban J connectivity index is 1.44. The third kappa shape index (κ3) is 2.85. The molecule has 5 nitrogen and oxygen atoms in total. The van der Waals surface area contributed by atoms with E-state index in [1.54, 1.807) is 7.11 Å². The Morgan fingerprint density at radius 1 is 1.20 bits per heavy atom. The number of nitrogens with one attached hydrogen (secondary N) is 1. The van der Waals surface area contributed by atoms with Crippen LogP contribution in [0.15, 0.2) is 0 Å². The summed E-state index contributed by atoms with van der Waals surface area (Å²) in [6, 6.07) is 0.259. The molecule has 0 aromatic heterocycles. The molecule has 0 radical (unpaired) electrons. The van der Waals surface area contributed by atoms with Gasteiger partial charge < -0.3 is 19.5 Å². The summed E-state index contributed by atoms with van der Waals surface area (Å²) < 4.78 is 16.9. The first kappa shape index (κ1) is 14.3. The third-order valence-corrected chi connectivity index (χ3v) is 5.11. The summed E-state index contributed by atoms with van der Waals surface area (Å²) in [5.74, 6) is -0.219. The summed E-state index contributed by atoms with van der Waals surface area (Å²) in [6.45, 7) is 1.40. The standard InChI is InChI=1S/C15H25NO4/c1-18-14(5-2-6-14)11-13(17)16-12-3-7-15(8-4-12)19-9-10-20-15/h12H,2-11H2,1H3,(H,16,17). The topological polar surface area (TPSA) is 56.8 Å². The Kier molecular flexibility index (Phi) is 4.02. The van der Waals surface area contributed by atoms with E-state index in [1.807, 2.05) is 0 Å². The van der Waals surface area contributed by atoms with Crippen LogP contribution in [0.3, 0.4) is 0 Å². The molecule has 0 unspecified atom stereocenters. The van der Waals surface area contributed by atoms with Crippen LogP contribution in [0.25, 0.3) is 0 Å². The maximum Gasteiger partial charge on any atom is 0.223 e. The second-order valence-electron chi connectivity index (χ2n) is 6.37. The summed E-state index contributed by atoms with van der Waals surface area (Å²) in [5.41, 5.74) is -0.183. The van der Waals surface area contributed by atoms with E-state index in [9.17, 15) is 4.79 Å². The van der Waals surface area contributed by atoms with Crippen molar-refractivity contribution in [2.24, 2.45) is 0 Å². The van der Waals surface area contributed by atoms with Crippen molar-refractivity contribution in [3.8, 4) is 0 Å². The lowest BCUT2D eigenvalue weighted by Gasteiger charge is -2.41. The Bertz CT molecular complexity index is 345. The van der Waals surface area contributed by atoms with Crippen molar-refractivity contribution >= 4 is 5.91 Å². The highest BCUT2D eigenvalue weighted by Crippen LogP contribution is 2.38. The van der Waals surface area contributed by atoms with E-state index in [1.165, 1.54) is 6.42 Å². The highest BCUT2D eigenvalue weighted by atomic mass is 16.7. The number of carbonyl (C=O) groups is 1. The molecule has 0 atom stereocenters. The highest BCUT2D eigenvalue weighted by molar-refractivity contribution is 5.77. The lowest BCUT2D eigenvalue weighted by molar-refractivity contribution is -0.180. The van der Waals surface area contributed by atoms with E-state index in [2.05, 4.69) is 5.32 Å². The van der Waals surface area contributed by atoms with E-state index < -0.39 is 0 Å². The fraction of sp³-hybridized carbons (Fsp3) is 0.933. The molecule has 3 aliphatic rings. The van der Waals surface area contributed by atoms with Gasteiger partial charge in [-0.05, 0) is 32.1 Å². The molecule has 1 amide bonds. The van der Waals surface area contributed by atoms with Crippen LogP contribution in [0.1, 0.15) is 51.4 Å². The smallest absolute Gasteiger partial charge is 0.223 e. The molecule has 5 heteroatoms. The van der Waals surface area contributed by atoms with Gasteiger partial charge in [-0.15, -0.1) is 0 Å². The summed E-state index contributed by atoms with van der Waals surface area (Å²) in [4.78, 5) is 12.1. The van der Waals surface area contributed by atoms with Crippen molar-refractivity contribution < 1.29 is 19.0 Å². The van der Waals surface area contributed by atoms with Gasteiger partial charge >= 0.3 is 0 Å². The lowest BCUT2D eigenvalue weighted by Crippen LogP contribution is -2.48. The van der Waals surface area contributed by atoms with Gasteiger partial charge in [-0.3, -0.25) is 4.79 Å². The molecule has 0 aromatic rings. The van der Waals surface area contributed by atoms with Crippen molar-refractivity contribution in [2.45, 2.75) is 68.8 Å². The van der Waals surface area contributed by atoms with E-state index in [0.29, 0.717) is 19.6 Å². The van der Waals surface area contributed by atoms with Crippen LogP contribution >= 0.6 is 0 Å². The first-order valence-electron chi connectivity index (χ1n) is 7.78. The average molecular weight is 283 g/mol. The summed E-state index contributed by atoms with van der Waals surface area (Å²) in [5, 5.41) is 3.15. The third-order valence-electron chi connectivity index (χ3n) is 5.11. The van der Waals surface area contributed by atoms with Gasteiger partial charge in [-0.25, -0.2) is 0 Å². The van der Waals surface area contributed by atoms with Crippen molar-refractivity contribution in [2.75, 3.05) is 20.3 Å². The maximum atomic E-state index is 12.1. The quantitative estimate of drug-likeness (QED) is 0.854. The molecular formula is C15H25NO4. The molecule has 20 heavy (non-hydrogen) atoms. The summed E-state index contributed by atoms with van der Waals surface area (Å²) in [7, 11) is 1.71. The molecule has 1 aliphatic heterocycles. The highest BCUT2D eigenvalue weighted by Gasteiger charge is 2.42. The minimum atomic E-state index is -0.344. The van der Waals surface area contributed by atoms with Crippen LogP contribution in [-0.2, 0) is 19.0 Å². The lowest BCUT2D eigenvalue weighted by atomic mass is 9.77. The Morgan fingerprint density at radius 3 is 2.35 bits per heavy atom. The molecule has 114 valence electrons. The summed E-state index contributed by atoms with van der Waals surface area (Å²) >= 11 is 0. The molecule has 1 spiro atoms. The maximum absolute atomic E-state index is 12.1. The minimum absolute atomic E-state index is 0.126. The molecule has 0 aromatic carbocycles. The number of carbonyl (C=O) groups excluding carboxylic acids is 1. The van der Waals surface area contributed by atoms with Gasteiger partial charge in [0.2, 0.25) is 5.91 Å². The predicted molar refractivity (Wildman–Crippen MR) is 73.2 cm³/mol. The van der Waals surface area contributed by atoms with Crippen molar-refractivity contribution in [3.63, 3.8) is 0 Å². The second kappa shape index (κ2) is 5.62. The molecule has 2 aliphatic carbocycles. The largest absolute Gasteiger partial charge is 0.378 e. The van der Waals surface area contributed by atoms with Gasteiger partial charge in [0, 0.05) is 26.0 Å². The first-order valence-corrected chi connectivity index (χ1v) is 7.78. The molecule has 1 N–H and O–H groups in total. The fourth-order valence-electron chi connectivity index (χ4n) is 3.58. The Morgan fingerprint density at radius 2 is 1.85 bits per heavy atom. The van der Waals surface area contributed by atoms with Gasteiger partial charge in [0.15, 0.2) is 5.79 Å². The van der Waals surface area contributed by atoms with Crippen molar-refractivity contribution in [1.29, 1.82) is 0 Å². The van der Waals surface area contributed by atoms with Gasteiger partial charge in [0.1, 0.15) is 0 Å². The monoisotopic (exact) mass is 283 g/mol. The normalized spacial score (nSPS) is 28.2. The SMILES string of the molecule is COC1(CC(=O)NC2CCC3(CC2)OCCO3)CCC1. The van der Waals surface area contributed by atoms with Crippen LogP contribution < -0.4 is 5.32 Å². The molecular weight excluding hydrogens is 258 g/mol. The number of ether oxygens (including phenoxy) is 3. The predicted octanol–water partition coefficient (Wildman–Crippen LogP) is 1.75. The van der Waals surface area contributed by atoms with Gasteiger partial charge in [0.25, 0.3) is 0 Å². The zero-order chi connectivity index (χ0) is 14.1. The van der Waals surface area contributed by atoms with Crippen LogP contribution in [0.2, 0.25) is 0 Å². The molecule has 3 rings (SSSR count). The molecule has 3 fully saturated rings. The van der Waals surface area contributed by atoms with Crippen LogP contribution in [0.5, 0.6) is 0 Å². The molecule has 1 heterocycles. The van der Waals surface area contributed by atoms with E-state index in [4.69, 9.17) is 14.2 Å². The summed E-state index contributed by atoms with van der Waals surface area (Å²) in [6.07, 6.45) is 7.32. The Labute approximate surface area is 120 Å². The van der Waals surface area contributed by atoms with Crippen molar-refractivity contribution in [3.05, 3.63) is 0 Å². The fourth-order valence-corrected chi connectivity index (χ4v) is 3.58. The molecule has 1 saturated heterocycles. The average Bonchev–Trinajstić information content (AvgIpc) is 2.86. The van der Waals surface area contributed by atoms with Crippen LogP contribution in [0.4, 0.5) is 0 Å². The van der Waals surface area contributed by atoms with Gasteiger partial charge in [-0.2, -0.15) is 0 Å². The van der Waals surface area contributed by atoms with Gasteiger partial charge in [0.05, 0.1) is 25.2 Å². The Hall–Kier alpha value is -0.650. The van der Waals surface area contributed by atoms with Crippen LogP contribution in [-0.4, -0.2) is 43.7 Å². The minimum Gasteiger partial charge on any atom is -0.378 e. The van der Waals surface area contributed by atoms with E-state index in [-0.39, 0.29) is 23.3 Å². The number of hydrogen-bond acceptors (Lipinski definition) is 4. The van der Waals surface area contributed by atoms with E-state index in [0.717, 1.165) is 38.5 Å². The second-order valence-corrected chi connectivity index (χ2v) is 6.37. The van der Waals surface area contributed by atoms with Gasteiger partial charge in [-0.1, -0.05) is 0 Å². The number of methoxy groups -OCH3 is 1. The van der Waals surface area contributed by atoms with Crippen LogP contribution in [0, 0.1) is 0 Å². The van der Waals surface area contributed by atoms with E-state index >= 15 is 0 Å². The molecule has 2 saturated carbocycles. The zero-order valence-electron chi connectivity index (χ0n) is 12.3. The first-order chi connectivity index (χ1) is 9.65. The molecule has 0 bridgehead atoms. The number of rotatable bonds is 4. The number of hydrogen-bond donors (Lipinski definition) is 1. The zero-order valence-corrected chi connectivity index (χ0v) is 12.3.